The summed E-state index contributed by atoms with van der Waals surface area (Å²) in [6.45, 7) is 7.34. The van der Waals surface area contributed by atoms with Crippen molar-refractivity contribution in [3.63, 3.8) is 0 Å². The van der Waals surface area contributed by atoms with Gasteiger partial charge in [-0.3, -0.25) is 4.79 Å². The van der Waals surface area contributed by atoms with Crippen LogP contribution in [0.1, 0.15) is 47.9 Å². The molecule has 0 spiro atoms. The molecule has 1 amide bonds. The quantitative estimate of drug-likeness (QED) is 0.672. The van der Waals surface area contributed by atoms with Crippen LogP contribution in [0.5, 0.6) is 0 Å². The summed E-state index contributed by atoms with van der Waals surface area (Å²) in [5.41, 5.74) is 2.99. The van der Waals surface area contributed by atoms with Crippen molar-refractivity contribution in [2.75, 3.05) is 26.3 Å². The van der Waals surface area contributed by atoms with Crippen LogP contribution in [0, 0.1) is 26.6 Å². The number of nitrogens with zero attached hydrogens (tertiary/aromatic N) is 1. The molecule has 0 aromatic heterocycles. The Labute approximate surface area is 201 Å². The van der Waals surface area contributed by atoms with Crippen molar-refractivity contribution in [1.29, 1.82) is 0 Å². The molecule has 0 saturated carbocycles. The maximum Gasteiger partial charge on any atom is 0.244 e. The zero-order chi connectivity index (χ0) is 24.5. The third kappa shape index (κ3) is 4.76. The molecule has 34 heavy (non-hydrogen) atoms. The van der Waals surface area contributed by atoms with Gasteiger partial charge >= 0.3 is 0 Å². The second-order valence-electron chi connectivity index (χ2n) is 9.62. The first kappa shape index (κ1) is 24.8. The van der Waals surface area contributed by atoms with Gasteiger partial charge in [0.15, 0.2) is 0 Å². The van der Waals surface area contributed by atoms with Crippen molar-refractivity contribution >= 4 is 15.9 Å². The van der Waals surface area contributed by atoms with Gasteiger partial charge in [-0.15, -0.1) is 0 Å². The molecule has 4 rings (SSSR count). The zero-order valence-electron chi connectivity index (χ0n) is 20.1. The minimum absolute atomic E-state index is 0.281. The normalized spacial score (nSPS) is 20.9. The van der Waals surface area contributed by atoms with Gasteiger partial charge in [0.1, 0.15) is 11.9 Å². The van der Waals surface area contributed by atoms with E-state index in [0.717, 1.165) is 11.1 Å². The number of ether oxygens (including phenoxy) is 1. The Kier molecular flexibility index (Phi) is 7.12. The lowest BCUT2D eigenvalue weighted by Crippen LogP contribution is -2.50. The number of carbonyl (C=O) groups excluding carboxylic acids is 1. The number of halogens is 1. The highest BCUT2D eigenvalue weighted by molar-refractivity contribution is 7.89. The van der Waals surface area contributed by atoms with Crippen LogP contribution in [0.15, 0.2) is 41.3 Å². The van der Waals surface area contributed by atoms with Gasteiger partial charge in [-0.2, -0.15) is 4.31 Å². The molecule has 184 valence electrons. The summed E-state index contributed by atoms with van der Waals surface area (Å²) in [6.07, 6.45) is 2.53. The highest BCUT2D eigenvalue weighted by Crippen LogP contribution is 2.35. The van der Waals surface area contributed by atoms with Gasteiger partial charge in [0, 0.05) is 31.7 Å². The maximum atomic E-state index is 13.6. The van der Waals surface area contributed by atoms with E-state index in [1.165, 1.54) is 16.4 Å². The SMILES string of the molecule is Cc1cc(C)c(S(=O)(=O)N2CCCC2C(=O)NCC2(c3ccc(F)cc3)CCOCC2)c(C)c1. The zero-order valence-corrected chi connectivity index (χ0v) is 20.9. The Morgan fingerprint density at radius 3 is 2.35 bits per heavy atom. The maximum absolute atomic E-state index is 13.6. The first-order valence-electron chi connectivity index (χ1n) is 11.9. The Morgan fingerprint density at radius 2 is 1.74 bits per heavy atom. The van der Waals surface area contributed by atoms with Gasteiger partial charge < -0.3 is 10.1 Å². The molecule has 2 aliphatic rings. The number of benzene rings is 2. The number of hydrogen-bond donors (Lipinski definition) is 1. The number of hydrogen-bond acceptors (Lipinski definition) is 4. The number of carbonyl (C=O) groups is 1. The van der Waals surface area contributed by atoms with Crippen LogP contribution in [-0.2, 0) is 25.0 Å². The molecule has 1 N–H and O–H groups in total. The average Bonchev–Trinajstić information content (AvgIpc) is 3.29. The van der Waals surface area contributed by atoms with E-state index in [2.05, 4.69) is 5.32 Å². The van der Waals surface area contributed by atoms with Gasteiger partial charge in [0.25, 0.3) is 0 Å². The van der Waals surface area contributed by atoms with Crippen molar-refractivity contribution in [3.8, 4) is 0 Å². The predicted octanol–water partition coefficient (Wildman–Crippen LogP) is 3.77. The van der Waals surface area contributed by atoms with Gasteiger partial charge in [-0.25, -0.2) is 12.8 Å². The molecule has 2 heterocycles. The van der Waals surface area contributed by atoms with Crippen molar-refractivity contribution < 1.29 is 22.3 Å². The lowest BCUT2D eigenvalue weighted by atomic mass is 9.74. The van der Waals surface area contributed by atoms with E-state index in [0.29, 0.717) is 68.0 Å². The summed E-state index contributed by atoms with van der Waals surface area (Å²) in [5, 5.41) is 3.05. The van der Waals surface area contributed by atoms with E-state index in [9.17, 15) is 17.6 Å². The van der Waals surface area contributed by atoms with E-state index < -0.39 is 16.1 Å². The standard InChI is InChI=1S/C26H33FN2O4S/c1-18-15-19(2)24(20(3)16-18)34(31,32)29-12-4-5-23(29)25(30)28-17-26(10-13-33-14-11-26)21-6-8-22(27)9-7-21/h6-9,15-16,23H,4-5,10-14,17H2,1-3H3,(H,28,30). The van der Waals surface area contributed by atoms with Crippen molar-refractivity contribution in [1.82, 2.24) is 9.62 Å². The smallest absolute Gasteiger partial charge is 0.244 e. The number of rotatable bonds is 6. The summed E-state index contributed by atoms with van der Waals surface area (Å²) in [6, 6.07) is 9.39. The number of amides is 1. The molecular weight excluding hydrogens is 455 g/mol. The highest BCUT2D eigenvalue weighted by atomic mass is 32.2. The fourth-order valence-corrected chi connectivity index (χ4v) is 7.56. The van der Waals surface area contributed by atoms with Gasteiger partial charge in [-0.05, 0) is 75.3 Å². The molecule has 2 aromatic rings. The highest BCUT2D eigenvalue weighted by Gasteiger charge is 2.42. The number of sulfonamides is 1. The second kappa shape index (κ2) is 9.76. The molecule has 2 aliphatic heterocycles. The van der Waals surface area contributed by atoms with Gasteiger partial charge in [0.2, 0.25) is 15.9 Å². The Bertz CT molecular complexity index is 1130. The topological polar surface area (TPSA) is 75.7 Å². The van der Waals surface area contributed by atoms with Crippen LogP contribution in [0.2, 0.25) is 0 Å². The average molecular weight is 489 g/mol. The minimum atomic E-state index is -3.82. The van der Waals surface area contributed by atoms with Crippen molar-refractivity contribution in [2.24, 2.45) is 0 Å². The first-order valence-corrected chi connectivity index (χ1v) is 13.3. The van der Waals surface area contributed by atoms with Crippen molar-refractivity contribution in [3.05, 3.63) is 64.5 Å². The van der Waals surface area contributed by atoms with Crippen molar-refractivity contribution in [2.45, 2.75) is 62.8 Å². The summed E-state index contributed by atoms with van der Waals surface area (Å²) in [5.74, 6) is -0.583. The van der Waals surface area contributed by atoms with Crippen LogP contribution in [0.3, 0.4) is 0 Å². The van der Waals surface area contributed by atoms with Crippen LogP contribution >= 0.6 is 0 Å². The molecule has 2 saturated heterocycles. The largest absolute Gasteiger partial charge is 0.381 e. The van der Waals surface area contributed by atoms with Gasteiger partial charge in [-0.1, -0.05) is 29.8 Å². The monoisotopic (exact) mass is 488 g/mol. The fourth-order valence-electron chi connectivity index (χ4n) is 5.49. The summed E-state index contributed by atoms with van der Waals surface area (Å²) >= 11 is 0. The molecular formula is C26H33FN2O4S. The summed E-state index contributed by atoms with van der Waals surface area (Å²) in [7, 11) is -3.82. The number of aryl methyl sites for hydroxylation is 3. The Hall–Kier alpha value is -2.29. The lowest BCUT2D eigenvalue weighted by molar-refractivity contribution is -0.124. The van der Waals surface area contributed by atoms with E-state index >= 15 is 0 Å². The number of nitrogens with one attached hydrogen (secondary N) is 1. The van der Waals surface area contributed by atoms with E-state index in [4.69, 9.17) is 4.74 Å². The predicted molar refractivity (Wildman–Crippen MR) is 129 cm³/mol. The molecule has 6 nitrogen and oxygen atoms in total. The fraction of sp³-hybridized carbons (Fsp3) is 0.500. The molecule has 2 fully saturated rings. The van der Waals surface area contributed by atoms with E-state index in [1.807, 2.05) is 19.1 Å². The molecule has 0 bridgehead atoms. The summed E-state index contributed by atoms with van der Waals surface area (Å²) in [4.78, 5) is 13.6. The third-order valence-corrected chi connectivity index (χ3v) is 9.40. The van der Waals surface area contributed by atoms with Crippen LogP contribution < -0.4 is 5.32 Å². The lowest BCUT2D eigenvalue weighted by Gasteiger charge is -2.38. The van der Waals surface area contributed by atoms with E-state index in [-0.39, 0.29) is 17.1 Å². The second-order valence-corrected chi connectivity index (χ2v) is 11.4. The Morgan fingerprint density at radius 1 is 1.12 bits per heavy atom. The van der Waals surface area contributed by atoms with Crippen LogP contribution in [0.4, 0.5) is 4.39 Å². The van der Waals surface area contributed by atoms with Crippen LogP contribution in [0.25, 0.3) is 0 Å². The van der Waals surface area contributed by atoms with Crippen LogP contribution in [-0.4, -0.2) is 51.0 Å². The minimum Gasteiger partial charge on any atom is -0.381 e. The summed E-state index contributed by atoms with van der Waals surface area (Å²) < 4.78 is 47.7. The molecule has 0 aliphatic carbocycles. The third-order valence-electron chi connectivity index (χ3n) is 7.19. The van der Waals surface area contributed by atoms with E-state index in [1.54, 1.807) is 26.0 Å². The first-order chi connectivity index (χ1) is 16.1. The molecule has 2 aromatic carbocycles. The molecule has 1 atom stereocenters. The molecule has 1 unspecified atom stereocenters. The molecule has 0 radical (unpaired) electrons. The Balaban J connectivity index is 1.55. The molecule has 8 heteroatoms. The van der Waals surface area contributed by atoms with Gasteiger partial charge in [0.05, 0.1) is 4.90 Å².